The smallest absolute Gasteiger partial charge is 0.153 e. The number of carbonyl (C=O) groups excluding carboxylic acids is 2. The Morgan fingerprint density at radius 3 is 1.79 bits per heavy atom. The van der Waals surface area contributed by atoms with E-state index in [9.17, 15) is 9.59 Å². The molecule has 19 heavy (non-hydrogen) atoms. The van der Waals surface area contributed by atoms with Gasteiger partial charge in [0.2, 0.25) is 0 Å². The number of hydrogen-bond acceptors (Lipinski definition) is 5. The molecule has 100 valence electrons. The summed E-state index contributed by atoms with van der Waals surface area (Å²) in [6, 6.07) is 0. The zero-order valence-electron chi connectivity index (χ0n) is 10.3. The van der Waals surface area contributed by atoms with Crippen LogP contribution in [0.5, 0.6) is 0 Å². The molecule has 0 atom stereocenters. The molecular weight excluding hydrogens is 248 g/mol. The van der Waals surface area contributed by atoms with Gasteiger partial charge in [0.25, 0.3) is 0 Å². The summed E-state index contributed by atoms with van der Waals surface area (Å²) in [6.07, 6.45) is 7.87. The molecule has 0 N–H and O–H groups in total. The van der Waals surface area contributed by atoms with Gasteiger partial charge in [0.1, 0.15) is 0 Å². The SMILES string of the molecule is O=Cc1cnn(CCOCCn2cc(C=O)cn2)c1. The molecule has 2 heterocycles. The lowest BCUT2D eigenvalue weighted by atomic mass is 10.4. The average molecular weight is 262 g/mol. The second kappa shape index (κ2) is 6.60. The lowest BCUT2D eigenvalue weighted by molar-refractivity contribution is 0.111. The number of rotatable bonds is 8. The van der Waals surface area contributed by atoms with Gasteiger partial charge in [0.15, 0.2) is 12.6 Å². The fourth-order valence-corrected chi connectivity index (χ4v) is 1.54. The lowest BCUT2D eigenvalue weighted by Crippen LogP contribution is -2.11. The highest BCUT2D eigenvalue weighted by Gasteiger charge is 1.98. The number of aldehydes is 2. The Kier molecular flexibility index (Phi) is 4.57. The Labute approximate surface area is 109 Å². The molecule has 0 aliphatic carbocycles. The molecule has 0 aliphatic rings. The minimum atomic E-state index is 0.502. The third-order valence-electron chi connectivity index (χ3n) is 2.51. The summed E-state index contributed by atoms with van der Waals surface area (Å²) in [7, 11) is 0. The molecule has 0 saturated carbocycles. The van der Waals surface area contributed by atoms with E-state index in [0.29, 0.717) is 37.4 Å². The van der Waals surface area contributed by atoms with E-state index < -0.39 is 0 Å². The van der Waals surface area contributed by atoms with Gasteiger partial charge in [-0.25, -0.2) is 0 Å². The first kappa shape index (κ1) is 13.2. The van der Waals surface area contributed by atoms with Gasteiger partial charge in [-0.05, 0) is 0 Å². The highest BCUT2D eigenvalue weighted by atomic mass is 16.5. The van der Waals surface area contributed by atoms with Crippen molar-refractivity contribution in [3.05, 3.63) is 35.9 Å². The maximum Gasteiger partial charge on any atom is 0.153 e. The Balaban J connectivity index is 1.64. The Morgan fingerprint density at radius 2 is 1.42 bits per heavy atom. The maximum absolute atomic E-state index is 10.5. The van der Waals surface area contributed by atoms with Crippen LogP contribution in [-0.2, 0) is 17.8 Å². The highest BCUT2D eigenvalue weighted by Crippen LogP contribution is 1.95. The summed E-state index contributed by atoms with van der Waals surface area (Å²) >= 11 is 0. The molecule has 0 spiro atoms. The van der Waals surface area contributed by atoms with Crippen molar-refractivity contribution in [2.45, 2.75) is 13.1 Å². The van der Waals surface area contributed by atoms with Crippen molar-refractivity contribution in [3.63, 3.8) is 0 Å². The van der Waals surface area contributed by atoms with Crippen molar-refractivity contribution >= 4 is 12.6 Å². The quantitative estimate of drug-likeness (QED) is 0.509. The molecule has 7 nitrogen and oxygen atoms in total. The number of ether oxygens (including phenoxy) is 1. The summed E-state index contributed by atoms with van der Waals surface area (Å²) in [4.78, 5) is 20.9. The van der Waals surface area contributed by atoms with Crippen LogP contribution in [0.4, 0.5) is 0 Å². The van der Waals surface area contributed by atoms with Gasteiger partial charge in [-0.1, -0.05) is 0 Å². The Morgan fingerprint density at radius 1 is 0.947 bits per heavy atom. The van der Waals surface area contributed by atoms with E-state index in [0.717, 1.165) is 12.6 Å². The second-order valence-electron chi connectivity index (χ2n) is 3.92. The van der Waals surface area contributed by atoms with Crippen molar-refractivity contribution in [1.82, 2.24) is 19.6 Å². The van der Waals surface area contributed by atoms with E-state index in [4.69, 9.17) is 4.74 Å². The molecule has 0 bridgehead atoms. The number of aromatic nitrogens is 4. The monoisotopic (exact) mass is 262 g/mol. The Bertz CT molecular complexity index is 498. The minimum absolute atomic E-state index is 0.502. The first-order chi connectivity index (χ1) is 9.31. The lowest BCUT2D eigenvalue weighted by Gasteiger charge is -2.04. The largest absolute Gasteiger partial charge is 0.378 e. The minimum Gasteiger partial charge on any atom is -0.378 e. The predicted octanol–water partition coefficient (Wildman–Crippen LogP) is 0.421. The van der Waals surface area contributed by atoms with Crippen LogP contribution < -0.4 is 0 Å². The van der Waals surface area contributed by atoms with Crippen LogP contribution in [0, 0.1) is 0 Å². The average Bonchev–Trinajstić information content (AvgIpc) is 3.06. The van der Waals surface area contributed by atoms with Gasteiger partial charge in [0, 0.05) is 12.4 Å². The number of carbonyl (C=O) groups is 2. The molecular formula is C12H14N4O3. The molecule has 0 radical (unpaired) electrons. The third kappa shape index (κ3) is 3.85. The van der Waals surface area contributed by atoms with Crippen LogP contribution in [-0.4, -0.2) is 45.3 Å². The van der Waals surface area contributed by atoms with Crippen LogP contribution >= 0.6 is 0 Å². The second-order valence-corrected chi connectivity index (χ2v) is 3.92. The molecule has 0 aromatic carbocycles. The molecule has 0 saturated heterocycles. The first-order valence-electron chi connectivity index (χ1n) is 5.85. The Hall–Kier alpha value is -2.28. The first-order valence-corrected chi connectivity index (χ1v) is 5.85. The van der Waals surface area contributed by atoms with Crippen molar-refractivity contribution < 1.29 is 14.3 Å². The van der Waals surface area contributed by atoms with Gasteiger partial charge >= 0.3 is 0 Å². The molecule has 2 rings (SSSR count). The van der Waals surface area contributed by atoms with Crippen LogP contribution in [0.3, 0.4) is 0 Å². The van der Waals surface area contributed by atoms with E-state index in [1.54, 1.807) is 21.8 Å². The van der Waals surface area contributed by atoms with Crippen LogP contribution in [0.15, 0.2) is 24.8 Å². The molecule has 7 heteroatoms. The van der Waals surface area contributed by atoms with Crippen LogP contribution in [0.1, 0.15) is 20.7 Å². The molecule has 0 amide bonds. The summed E-state index contributed by atoms with van der Waals surface area (Å²) in [6.45, 7) is 2.18. The molecule has 0 unspecified atom stereocenters. The fourth-order valence-electron chi connectivity index (χ4n) is 1.54. The standard InChI is InChI=1S/C12H14N4O3/c17-9-11-5-13-15(7-11)1-3-19-4-2-16-8-12(10-18)6-14-16/h5-10H,1-4H2. The molecule has 0 fully saturated rings. The van der Waals surface area contributed by atoms with E-state index in [2.05, 4.69) is 10.2 Å². The van der Waals surface area contributed by atoms with E-state index in [1.807, 2.05) is 0 Å². The fraction of sp³-hybridized carbons (Fsp3) is 0.333. The molecule has 2 aromatic rings. The van der Waals surface area contributed by atoms with E-state index >= 15 is 0 Å². The van der Waals surface area contributed by atoms with Gasteiger partial charge in [0.05, 0.1) is 49.8 Å². The van der Waals surface area contributed by atoms with E-state index in [1.165, 1.54) is 12.4 Å². The van der Waals surface area contributed by atoms with Crippen molar-refractivity contribution in [3.8, 4) is 0 Å². The molecule has 0 aliphatic heterocycles. The zero-order chi connectivity index (χ0) is 13.5. The van der Waals surface area contributed by atoms with Crippen molar-refractivity contribution in [2.75, 3.05) is 13.2 Å². The predicted molar refractivity (Wildman–Crippen MR) is 66.0 cm³/mol. The van der Waals surface area contributed by atoms with Gasteiger partial charge < -0.3 is 4.74 Å². The summed E-state index contributed by atoms with van der Waals surface area (Å²) in [5.74, 6) is 0. The summed E-state index contributed by atoms with van der Waals surface area (Å²) < 4.78 is 8.74. The van der Waals surface area contributed by atoms with Gasteiger partial charge in [-0.2, -0.15) is 10.2 Å². The highest BCUT2D eigenvalue weighted by molar-refractivity contribution is 5.73. The number of hydrogen-bond donors (Lipinski definition) is 0. The number of nitrogens with zero attached hydrogens (tertiary/aromatic N) is 4. The topological polar surface area (TPSA) is 79.0 Å². The normalized spacial score (nSPS) is 10.5. The van der Waals surface area contributed by atoms with E-state index in [-0.39, 0.29) is 0 Å². The summed E-state index contributed by atoms with van der Waals surface area (Å²) in [5.41, 5.74) is 1.11. The maximum atomic E-state index is 10.5. The molecule has 2 aromatic heterocycles. The van der Waals surface area contributed by atoms with Gasteiger partial charge in [-0.15, -0.1) is 0 Å². The van der Waals surface area contributed by atoms with Crippen LogP contribution in [0.2, 0.25) is 0 Å². The van der Waals surface area contributed by atoms with Crippen LogP contribution in [0.25, 0.3) is 0 Å². The van der Waals surface area contributed by atoms with Gasteiger partial charge in [-0.3, -0.25) is 19.0 Å². The third-order valence-corrected chi connectivity index (χ3v) is 2.51. The summed E-state index contributed by atoms with van der Waals surface area (Å²) in [5, 5.41) is 8.01. The van der Waals surface area contributed by atoms with Crippen molar-refractivity contribution in [1.29, 1.82) is 0 Å². The van der Waals surface area contributed by atoms with Crippen molar-refractivity contribution in [2.24, 2.45) is 0 Å². The zero-order valence-corrected chi connectivity index (χ0v) is 10.3.